The van der Waals surface area contributed by atoms with Crippen LogP contribution in [-0.2, 0) is 4.74 Å². The lowest BCUT2D eigenvalue weighted by atomic mass is 10.3. The first-order valence-corrected chi connectivity index (χ1v) is 3.52. The Kier molecular flexibility index (Phi) is 3.02. The van der Waals surface area contributed by atoms with Gasteiger partial charge in [0.2, 0.25) is 0 Å². The third-order valence-electron chi connectivity index (χ3n) is 1.23. The van der Waals surface area contributed by atoms with Gasteiger partial charge in [-0.3, -0.25) is 4.98 Å². The molecule has 3 nitrogen and oxygen atoms in total. The molecule has 0 N–H and O–H groups in total. The summed E-state index contributed by atoms with van der Waals surface area (Å²) < 4.78 is 4.78. The molecule has 0 unspecified atom stereocenters. The number of esters is 1. The third-order valence-corrected chi connectivity index (χ3v) is 1.23. The van der Waals surface area contributed by atoms with Crippen molar-refractivity contribution in [1.29, 1.82) is 0 Å². The summed E-state index contributed by atoms with van der Waals surface area (Å²) in [6, 6.07) is 3.34. The number of rotatable bonds is 3. The minimum Gasteiger partial charge on any atom is -0.458 e. The van der Waals surface area contributed by atoms with Crippen LogP contribution in [0.3, 0.4) is 0 Å². The van der Waals surface area contributed by atoms with E-state index in [9.17, 15) is 4.79 Å². The van der Waals surface area contributed by atoms with Crippen molar-refractivity contribution in [1.82, 2.24) is 4.98 Å². The Balaban J connectivity index is 2.59. The highest BCUT2D eigenvalue weighted by molar-refractivity contribution is 5.88. The summed E-state index contributed by atoms with van der Waals surface area (Å²) >= 11 is 0. The van der Waals surface area contributed by atoms with Gasteiger partial charge in [-0.1, -0.05) is 12.7 Å². The average molecular weight is 163 g/mol. The second-order valence-corrected chi connectivity index (χ2v) is 2.13. The van der Waals surface area contributed by atoms with E-state index in [0.29, 0.717) is 5.56 Å². The molecule has 0 aromatic carbocycles. The van der Waals surface area contributed by atoms with E-state index in [-0.39, 0.29) is 12.6 Å². The highest BCUT2D eigenvalue weighted by atomic mass is 16.5. The van der Waals surface area contributed by atoms with Gasteiger partial charge in [-0.15, -0.1) is 0 Å². The van der Waals surface area contributed by atoms with E-state index in [1.165, 1.54) is 12.3 Å². The second-order valence-electron chi connectivity index (χ2n) is 2.13. The zero-order valence-electron chi connectivity index (χ0n) is 6.56. The number of hydrogen-bond donors (Lipinski definition) is 0. The third kappa shape index (κ3) is 2.20. The molecule has 1 aromatic rings. The van der Waals surface area contributed by atoms with Gasteiger partial charge in [0, 0.05) is 12.4 Å². The van der Waals surface area contributed by atoms with Crippen molar-refractivity contribution in [2.45, 2.75) is 0 Å². The Hall–Kier alpha value is -1.64. The van der Waals surface area contributed by atoms with Crippen molar-refractivity contribution in [2.75, 3.05) is 6.61 Å². The molecule has 1 heterocycles. The van der Waals surface area contributed by atoms with Crippen LogP contribution in [0.2, 0.25) is 0 Å². The quantitative estimate of drug-likeness (QED) is 0.499. The van der Waals surface area contributed by atoms with Crippen molar-refractivity contribution in [2.24, 2.45) is 0 Å². The highest BCUT2D eigenvalue weighted by Gasteiger charge is 2.03. The summed E-state index contributed by atoms with van der Waals surface area (Å²) in [7, 11) is 0. The molecule has 0 aliphatic carbocycles. The zero-order valence-corrected chi connectivity index (χ0v) is 6.56. The van der Waals surface area contributed by atoms with E-state index in [4.69, 9.17) is 4.74 Å². The van der Waals surface area contributed by atoms with Gasteiger partial charge >= 0.3 is 5.97 Å². The first kappa shape index (κ1) is 8.46. The number of pyridine rings is 1. The largest absolute Gasteiger partial charge is 0.458 e. The predicted molar refractivity (Wildman–Crippen MR) is 44.7 cm³/mol. The number of nitrogens with zero attached hydrogens (tertiary/aromatic N) is 1. The van der Waals surface area contributed by atoms with Crippen LogP contribution in [-0.4, -0.2) is 17.6 Å². The summed E-state index contributed by atoms with van der Waals surface area (Å²) in [6.45, 7) is 3.66. The maximum absolute atomic E-state index is 11.1. The topological polar surface area (TPSA) is 39.2 Å². The first-order chi connectivity index (χ1) is 5.84. The number of hydrogen-bond acceptors (Lipinski definition) is 3. The minimum atomic E-state index is -0.372. The van der Waals surface area contributed by atoms with Gasteiger partial charge in [-0.05, 0) is 12.1 Å². The van der Waals surface area contributed by atoms with Crippen LogP contribution in [0.1, 0.15) is 10.4 Å². The number of aromatic nitrogens is 1. The lowest BCUT2D eigenvalue weighted by Crippen LogP contribution is -2.04. The van der Waals surface area contributed by atoms with Crippen LogP contribution < -0.4 is 0 Å². The molecule has 0 saturated carbocycles. The van der Waals surface area contributed by atoms with Crippen LogP contribution >= 0.6 is 0 Å². The van der Waals surface area contributed by atoms with Crippen molar-refractivity contribution < 1.29 is 9.53 Å². The van der Waals surface area contributed by atoms with Crippen LogP contribution in [0.4, 0.5) is 0 Å². The lowest BCUT2D eigenvalue weighted by molar-refractivity contribution is 0.0549. The van der Waals surface area contributed by atoms with E-state index >= 15 is 0 Å². The maximum atomic E-state index is 11.1. The number of ether oxygens (including phenoxy) is 1. The monoisotopic (exact) mass is 163 g/mol. The molecule has 0 bridgehead atoms. The second kappa shape index (κ2) is 4.28. The molecule has 0 spiro atoms. The average Bonchev–Trinajstić information content (AvgIpc) is 2.15. The van der Waals surface area contributed by atoms with Crippen molar-refractivity contribution >= 4 is 5.97 Å². The van der Waals surface area contributed by atoms with Crippen LogP contribution in [0.5, 0.6) is 0 Å². The molecule has 3 heteroatoms. The van der Waals surface area contributed by atoms with Gasteiger partial charge in [-0.2, -0.15) is 0 Å². The predicted octanol–water partition coefficient (Wildman–Crippen LogP) is 1.42. The Morgan fingerprint density at radius 2 is 2.58 bits per heavy atom. The van der Waals surface area contributed by atoms with Crippen molar-refractivity contribution in [3.05, 3.63) is 42.7 Å². The van der Waals surface area contributed by atoms with Crippen molar-refractivity contribution in [3.63, 3.8) is 0 Å². The zero-order chi connectivity index (χ0) is 8.81. The van der Waals surface area contributed by atoms with E-state index in [0.717, 1.165) is 0 Å². The smallest absolute Gasteiger partial charge is 0.340 e. The standard InChI is InChI=1S/C9H9NO2/c1-2-6-12-9(11)8-4-3-5-10-7-8/h2-5,7H,1,6H2. The molecule has 1 aromatic heterocycles. The molecule has 12 heavy (non-hydrogen) atoms. The van der Waals surface area contributed by atoms with Crippen LogP contribution in [0.25, 0.3) is 0 Å². The summed E-state index contributed by atoms with van der Waals surface area (Å²) in [5.74, 6) is -0.372. The molecule has 0 amide bonds. The van der Waals surface area contributed by atoms with E-state index in [2.05, 4.69) is 11.6 Å². The van der Waals surface area contributed by atoms with Gasteiger partial charge in [0.15, 0.2) is 0 Å². The molecule has 0 saturated heterocycles. The Morgan fingerprint density at radius 1 is 1.75 bits per heavy atom. The fourth-order valence-electron chi connectivity index (χ4n) is 0.701. The fourth-order valence-corrected chi connectivity index (χ4v) is 0.701. The molecule has 0 atom stereocenters. The fraction of sp³-hybridized carbons (Fsp3) is 0.111. The van der Waals surface area contributed by atoms with E-state index in [1.54, 1.807) is 18.3 Å². The van der Waals surface area contributed by atoms with Gasteiger partial charge in [0.1, 0.15) is 6.61 Å². The Morgan fingerprint density at radius 3 is 3.17 bits per heavy atom. The molecule has 0 fully saturated rings. The van der Waals surface area contributed by atoms with Gasteiger partial charge in [0.25, 0.3) is 0 Å². The Labute approximate surface area is 70.7 Å². The Bertz CT molecular complexity index is 269. The van der Waals surface area contributed by atoms with E-state index < -0.39 is 0 Å². The summed E-state index contributed by atoms with van der Waals surface area (Å²) in [5.41, 5.74) is 0.458. The summed E-state index contributed by atoms with van der Waals surface area (Å²) in [5, 5.41) is 0. The molecule has 0 radical (unpaired) electrons. The van der Waals surface area contributed by atoms with Crippen LogP contribution in [0, 0.1) is 0 Å². The molecular weight excluding hydrogens is 154 g/mol. The normalized spacial score (nSPS) is 9.00. The summed E-state index contributed by atoms with van der Waals surface area (Å²) in [4.78, 5) is 14.9. The van der Waals surface area contributed by atoms with E-state index in [1.807, 2.05) is 0 Å². The highest BCUT2D eigenvalue weighted by Crippen LogP contribution is 1.97. The summed E-state index contributed by atoms with van der Waals surface area (Å²) in [6.07, 6.45) is 4.59. The maximum Gasteiger partial charge on any atom is 0.340 e. The molecule has 0 aliphatic rings. The van der Waals surface area contributed by atoms with Crippen molar-refractivity contribution in [3.8, 4) is 0 Å². The SMILES string of the molecule is C=CCOC(=O)c1cccnc1. The first-order valence-electron chi connectivity index (χ1n) is 3.52. The molecule has 1 rings (SSSR count). The van der Waals surface area contributed by atoms with Gasteiger partial charge in [0.05, 0.1) is 5.56 Å². The molecule has 62 valence electrons. The lowest BCUT2D eigenvalue weighted by Gasteiger charge is -1.99. The van der Waals surface area contributed by atoms with Crippen LogP contribution in [0.15, 0.2) is 37.2 Å². The number of carbonyl (C=O) groups excluding carboxylic acids is 1. The molecule has 0 aliphatic heterocycles. The minimum absolute atomic E-state index is 0.230. The molecular formula is C9H9NO2. The number of carbonyl (C=O) groups is 1. The van der Waals surface area contributed by atoms with Gasteiger partial charge in [-0.25, -0.2) is 4.79 Å². The van der Waals surface area contributed by atoms with Gasteiger partial charge < -0.3 is 4.74 Å².